The number of anilines is 1. The number of halogens is 1. The van der Waals surface area contributed by atoms with Crippen LogP contribution in [0.1, 0.15) is 11.1 Å². The number of phenolic OH excluding ortho intramolecular Hbond substituents is 2. The molecule has 0 aliphatic rings. The third kappa shape index (κ3) is 3.09. The summed E-state index contributed by atoms with van der Waals surface area (Å²) in [5.74, 6) is 0.0231. The van der Waals surface area contributed by atoms with Crippen molar-refractivity contribution in [1.29, 1.82) is 5.26 Å². The topological polar surface area (TPSA) is 76.3 Å². The van der Waals surface area contributed by atoms with Crippen molar-refractivity contribution >= 4 is 17.3 Å². The third-order valence-corrected chi connectivity index (χ3v) is 2.95. The molecule has 0 bridgehead atoms. The van der Waals surface area contributed by atoms with E-state index in [-0.39, 0.29) is 11.5 Å². The molecule has 0 radical (unpaired) electrons. The second-order valence-corrected chi connectivity index (χ2v) is 4.38. The highest BCUT2D eigenvalue weighted by Gasteiger charge is 2.05. The molecule has 19 heavy (non-hydrogen) atoms. The predicted molar refractivity (Wildman–Crippen MR) is 73.3 cm³/mol. The average molecular weight is 275 g/mol. The molecule has 2 aromatic rings. The van der Waals surface area contributed by atoms with Crippen LogP contribution in [0.4, 0.5) is 5.69 Å². The van der Waals surface area contributed by atoms with E-state index in [1.807, 2.05) is 6.07 Å². The fourth-order valence-electron chi connectivity index (χ4n) is 1.62. The summed E-state index contributed by atoms with van der Waals surface area (Å²) in [5.41, 5.74) is 1.80. The van der Waals surface area contributed by atoms with Crippen LogP contribution in [0.2, 0.25) is 5.02 Å². The summed E-state index contributed by atoms with van der Waals surface area (Å²) in [6, 6.07) is 11.3. The number of phenols is 2. The zero-order chi connectivity index (χ0) is 13.8. The van der Waals surface area contributed by atoms with Crippen LogP contribution in [0, 0.1) is 11.3 Å². The molecule has 0 unspecified atom stereocenters. The molecule has 0 aliphatic carbocycles. The first kappa shape index (κ1) is 13.1. The van der Waals surface area contributed by atoms with Crippen molar-refractivity contribution in [2.45, 2.75) is 6.54 Å². The van der Waals surface area contributed by atoms with Crippen molar-refractivity contribution in [3.63, 3.8) is 0 Å². The lowest BCUT2D eigenvalue weighted by molar-refractivity contribution is 0.446. The molecule has 3 N–H and O–H groups in total. The van der Waals surface area contributed by atoms with Gasteiger partial charge < -0.3 is 15.5 Å². The second kappa shape index (κ2) is 5.51. The molecule has 0 aliphatic heterocycles. The van der Waals surface area contributed by atoms with E-state index in [0.29, 0.717) is 28.4 Å². The molecule has 0 saturated carbocycles. The van der Waals surface area contributed by atoms with Gasteiger partial charge in [-0.05, 0) is 30.3 Å². The van der Waals surface area contributed by atoms with Crippen molar-refractivity contribution in [3.05, 3.63) is 52.5 Å². The van der Waals surface area contributed by atoms with E-state index in [4.69, 9.17) is 16.9 Å². The largest absolute Gasteiger partial charge is 0.508 e. The highest BCUT2D eigenvalue weighted by molar-refractivity contribution is 6.33. The van der Waals surface area contributed by atoms with Crippen molar-refractivity contribution in [1.82, 2.24) is 0 Å². The Balaban J connectivity index is 2.13. The lowest BCUT2D eigenvalue weighted by Gasteiger charge is -2.10. The van der Waals surface area contributed by atoms with E-state index >= 15 is 0 Å². The summed E-state index contributed by atoms with van der Waals surface area (Å²) in [7, 11) is 0. The lowest BCUT2D eigenvalue weighted by atomic mass is 10.1. The van der Waals surface area contributed by atoms with Crippen LogP contribution in [0.3, 0.4) is 0 Å². The molecule has 0 aromatic heterocycles. The van der Waals surface area contributed by atoms with Crippen molar-refractivity contribution in [2.24, 2.45) is 0 Å². The van der Waals surface area contributed by atoms with Gasteiger partial charge in [-0.15, -0.1) is 0 Å². The van der Waals surface area contributed by atoms with Crippen LogP contribution >= 0.6 is 11.6 Å². The van der Waals surface area contributed by atoms with Gasteiger partial charge in [0.1, 0.15) is 11.5 Å². The minimum Gasteiger partial charge on any atom is -0.508 e. The Morgan fingerprint density at radius 1 is 1.16 bits per heavy atom. The third-order valence-electron chi connectivity index (χ3n) is 2.64. The minimum atomic E-state index is 0.0114. The number of nitriles is 1. The first-order valence-corrected chi connectivity index (χ1v) is 5.92. The predicted octanol–water partition coefficient (Wildman–Crippen LogP) is 3.23. The molecule has 96 valence electrons. The zero-order valence-electron chi connectivity index (χ0n) is 9.89. The Morgan fingerprint density at radius 2 is 1.95 bits per heavy atom. The quantitative estimate of drug-likeness (QED) is 0.803. The Hall–Kier alpha value is -2.38. The maximum atomic E-state index is 9.64. The van der Waals surface area contributed by atoms with Crippen molar-refractivity contribution in [3.8, 4) is 17.6 Å². The molecular weight excluding hydrogens is 264 g/mol. The van der Waals surface area contributed by atoms with Gasteiger partial charge in [-0.1, -0.05) is 11.6 Å². The molecule has 5 heteroatoms. The maximum Gasteiger partial charge on any atom is 0.124 e. The fraction of sp³-hybridized carbons (Fsp3) is 0.0714. The van der Waals surface area contributed by atoms with Crippen molar-refractivity contribution < 1.29 is 10.2 Å². The lowest BCUT2D eigenvalue weighted by Crippen LogP contribution is -2.00. The fourth-order valence-corrected chi connectivity index (χ4v) is 1.87. The molecule has 0 spiro atoms. The number of hydrogen-bond donors (Lipinski definition) is 3. The molecule has 0 saturated heterocycles. The van der Waals surface area contributed by atoms with Gasteiger partial charge >= 0.3 is 0 Å². The van der Waals surface area contributed by atoms with Crippen LogP contribution in [-0.4, -0.2) is 10.2 Å². The summed E-state index contributed by atoms with van der Waals surface area (Å²) in [4.78, 5) is 0. The van der Waals surface area contributed by atoms with Gasteiger partial charge in [0.15, 0.2) is 0 Å². The summed E-state index contributed by atoms with van der Waals surface area (Å²) in [6.07, 6.45) is 0. The van der Waals surface area contributed by atoms with E-state index in [1.165, 1.54) is 12.1 Å². The number of rotatable bonds is 3. The highest BCUT2D eigenvalue weighted by atomic mass is 35.5. The number of nitrogens with zero attached hydrogens (tertiary/aromatic N) is 1. The average Bonchev–Trinajstić information content (AvgIpc) is 2.39. The molecule has 4 nitrogen and oxygen atoms in total. The zero-order valence-corrected chi connectivity index (χ0v) is 10.6. The maximum absolute atomic E-state index is 9.64. The van der Waals surface area contributed by atoms with Crippen LogP contribution in [0.5, 0.6) is 11.5 Å². The van der Waals surface area contributed by atoms with Gasteiger partial charge in [0.2, 0.25) is 0 Å². The molecule has 0 amide bonds. The number of benzene rings is 2. The summed E-state index contributed by atoms with van der Waals surface area (Å²) in [6.45, 7) is 0.359. The SMILES string of the molecule is N#Cc1ccc(NCc2ccc(O)cc2O)c(Cl)c1. The van der Waals surface area contributed by atoms with Gasteiger partial charge in [0, 0.05) is 18.2 Å². The first-order chi connectivity index (χ1) is 9.10. The molecule has 0 atom stereocenters. The molecular formula is C14H11ClN2O2. The van der Waals surface area contributed by atoms with Crippen LogP contribution in [-0.2, 0) is 6.54 Å². The molecule has 2 rings (SSSR count). The van der Waals surface area contributed by atoms with E-state index < -0.39 is 0 Å². The van der Waals surface area contributed by atoms with Gasteiger partial charge in [0.25, 0.3) is 0 Å². The minimum absolute atomic E-state index is 0.0114. The molecule has 2 aromatic carbocycles. The summed E-state index contributed by atoms with van der Waals surface area (Å²) >= 11 is 6.02. The standard InChI is InChI=1S/C14H11ClN2O2/c15-12-5-9(7-16)1-4-13(12)17-8-10-2-3-11(18)6-14(10)19/h1-6,17-19H,8H2. The summed E-state index contributed by atoms with van der Waals surface area (Å²) in [5, 5.41) is 31.1. The van der Waals surface area contributed by atoms with Crippen molar-refractivity contribution in [2.75, 3.05) is 5.32 Å². The smallest absolute Gasteiger partial charge is 0.124 e. The van der Waals surface area contributed by atoms with Crippen LogP contribution in [0.15, 0.2) is 36.4 Å². The van der Waals surface area contributed by atoms with E-state index in [9.17, 15) is 10.2 Å². The normalized spacial score (nSPS) is 9.89. The van der Waals surface area contributed by atoms with Gasteiger partial charge in [0.05, 0.1) is 22.3 Å². The monoisotopic (exact) mass is 274 g/mol. The molecule has 0 fully saturated rings. The van der Waals surface area contributed by atoms with Gasteiger partial charge in [-0.2, -0.15) is 5.26 Å². The second-order valence-electron chi connectivity index (χ2n) is 3.97. The Labute approximate surface area is 115 Å². The van der Waals surface area contributed by atoms with Crippen LogP contribution in [0.25, 0.3) is 0 Å². The van der Waals surface area contributed by atoms with Gasteiger partial charge in [-0.3, -0.25) is 0 Å². The Bertz CT molecular complexity index is 650. The number of hydrogen-bond acceptors (Lipinski definition) is 4. The summed E-state index contributed by atoms with van der Waals surface area (Å²) < 4.78 is 0. The molecule has 0 heterocycles. The Kier molecular flexibility index (Phi) is 3.79. The van der Waals surface area contributed by atoms with E-state index in [1.54, 1.807) is 24.3 Å². The van der Waals surface area contributed by atoms with E-state index in [2.05, 4.69) is 5.32 Å². The van der Waals surface area contributed by atoms with Crippen LogP contribution < -0.4 is 5.32 Å². The van der Waals surface area contributed by atoms with E-state index in [0.717, 1.165) is 0 Å². The van der Waals surface area contributed by atoms with Gasteiger partial charge in [-0.25, -0.2) is 0 Å². The first-order valence-electron chi connectivity index (χ1n) is 5.54. The highest BCUT2D eigenvalue weighted by Crippen LogP contribution is 2.26. The number of nitrogens with one attached hydrogen (secondary N) is 1. The number of aromatic hydroxyl groups is 2. The Morgan fingerprint density at radius 3 is 2.58 bits per heavy atom.